The zero-order valence-corrected chi connectivity index (χ0v) is 18.0. The number of benzene rings is 2. The second-order valence-corrected chi connectivity index (χ2v) is 7.96. The van der Waals surface area contributed by atoms with Crippen LogP contribution in [0.2, 0.25) is 0 Å². The van der Waals surface area contributed by atoms with Gasteiger partial charge in [0.15, 0.2) is 11.6 Å². The third-order valence-corrected chi connectivity index (χ3v) is 5.37. The van der Waals surface area contributed by atoms with Gasteiger partial charge in [0, 0.05) is 0 Å². The third kappa shape index (κ3) is 7.86. The number of carbonyl (C=O) groups excluding carboxylic acids is 2. The second-order valence-electron chi connectivity index (χ2n) is 7.96. The van der Waals surface area contributed by atoms with Gasteiger partial charge in [-0.05, 0) is 73.1 Å². The molecular weight excluding hydrogens is 384 g/mol. The van der Waals surface area contributed by atoms with Crippen molar-refractivity contribution in [3.8, 4) is 5.75 Å². The zero-order chi connectivity index (χ0) is 21.9. The minimum atomic E-state index is -0.210. The smallest absolute Gasteiger partial charge is 0.163 e. The topological polar surface area (TPSA) is 43.4 Å². The molecule has 0 heterocycles. The Morgan fingerprint density at radius 2 is 1.39 bits per heavy atom. The largest absolute Gasteiger partial charge is 0.490 e. The van der Waals surface area contributed by atoms with Crippen LogP contribution in [0.4, 0.5) is 0 Å². The summed E-state index contributed by atoms with van der Waals surface area (Å²) in [5, 5.41) is 0. The molecule has 1 aliphatic carbocycles. The van der Waals surface area contributed by atoms with E-state index in [1.807, 2.05) is 54.6 Å². The standard InChI is InChI=1S/C28H30O3/c1-2-6-22-9-11-23(12-10-22)13-17-25(29)21-26(30)18-14-24-15-19-28(20-16-24)31-27-7-4-3-5-8-27/h2,9-20,27H,1,3-8,21H2. The molecule has 0 unspecified atom stereocenters. The maximum absolute atomic E-state index is 12.1. The predicted molar refractivity (Wildman–Crippen MR) is 127 cm³/mol. The second kappa shape index (κ2) is 11.8. The van der Waals surface area contributed by atoms with E-state index in [1.165, 1.54) is 37.0 Å². The molecule has 2 aromatic carbocycles. The molecule has 1 saturated carbocycles. The Morgan fingerprint density at radius 3 is 1.94 bits per heavy atom. The van der Waals surface area contributed by atoms with Gasteiger partial charge in [0.05, 0.1) is 12.5 Å². The van der Waals surface area contributed by atoms with E-state index in [4.69, 9.17) is 4.74 Å². The molecule has 3 rings (SSSR count). The molecular formula is C28H30O3. The van der Waals surface area contributed by atoms with Crippen molar-refractivity contribution in [3.05, 3.63) is 90.0 Å². The quantitative estimate of drug-likeness (QED) is 0.257. The van der Waals surface area contributed by atoms with E-state index >= 15 is 0 Å². The maximum atomic E-state index is 12.1. The molecule has 0 spiro atoms. The van der Waals surface area contributed by atoms with Gasteiger partial charge in [-0.3, -0.25) is 9.59 Å². The molecule has 0 radical (unpaired) electrons. The first kappa shape index (κ1) is 22.5. The summed E-state index contributed by atoms with van der Waals surface area (Å²) in [6.07, 6.45) is 15.3. The fourth-order valence-electron chi connectivity index (χ4n) is 3.63. The first-order chi connectivity index (χ1) is 15.1. The molecule has 0 aliphatic heterocycles. The van der Waals surface area contributed by atoms with Crippen LogP contribution < -0.4 is 4.74 Å². The molecule has 0 bridgehead atoms. The van der Waals surface area contributed by atoms with Crippen LogP contribution in [0.25, 0.3) is 12.2 Å². The number of rotatable bonds is 10. The molecule has 3 nitrogen and oxygen atoms in total. The highest BCUT2D eigenvalue weighted by molar-refractivity contribution is 6.10. The fourth-order valence-corrected chi connectivity index (χ4v) is 3.63. The number of ether oxygens (including phenoxy) is 1. The molecule has 1 fully saturated rings. The van der Waals surface area contributed by atoms with Crippen molar-refractivity contribution < 1.29 is 14.3 Å². The van der Waals surface area contributed by atoms with E-state index < -0.39 is 0 Å². The van der Waals surface area contributed by atoms with Gasteiger partial charge in [0.1, 0.15) is 5.75 Å². The van der Waals surface area contributed by atoms with Crippen LogP contribution in [0, 0.1) is 0 Å². The summed E-state index contributed by atoms with van der Waals surface area (Å²) < 4.78 is 6.02. The molecule has 0 amide bonds. The minimum Gasteiger partial charge on any atom is -0.490 e. The van der Waals surface area contributed by atoms with Gasteiger partial charge in [0.2, 0.25) is 0 Å². The highest BCUT2D eigenvalue weighted by atomic mass is 16.5. The van der Waals surface area contributed by atoms with E-state index in [0.29, 0.717) is 6.10 Å². The van der Waals surface area contributed by atoms with Crippen molar-refractivity contribution in [2.75, 3.05) is 0 Å². The Hall–Kier alpha value is -3.20. The van der Waals surface area contributed by atoms with Gasteiger partial charge in [0.25, 0.3) is 0 Å². The third-order valence-electron chi connectivity index (χ3n) is 5.37. The molecule has 3 heteroatoms. The number of hydrogen-bond acceptors (Lipinski definition) is 3. The first-order valence-electron chi connectivity index (χ1n) is 11.0. The van der Waals surface area contributed by atoms with Crippen molar-refractivity contribution >= 4 is 23.7 Å². The van der Waals surface area contributed by atoms with Crippen LogP contribution >= 0.6 is 0 Å². The van der Waals surface area contributed by atoms with Gasteiger partial charge in [-0.15, -0.1) is 6.58 Å². The molecule has 0 aromatic heterocycles. The lowest BCUT2D eigenvalue weighted by molar-refractivity contribution is -0.121. The normalized spacial score (nSPS) is 14.7. The van der Waals surface area contributed by atoms with Crippen LogP contribution in [-0.2, 0) is 16.0 Å². The van der Waals surface area contributed by atoms with E-state index in [1.54, 1.807) is 12.2 Å². The summed E-state index contributed by atoms with van der Waals surface area (Å²) >= 11 is 0. The molecule has 160 valence electrons. The summed E-state index contributed by atoms with van der Waals surface area (Å²) in [5.74, 6) is 0.452. The Bertz CT molecular complexity index is 927. The molecule has 1 aliphatic rings. The van der Waals surface area contributed by atoms with E-state index in [-0.39, 0.29) is 18.0 Å². The summed E-state index contributed by atoms with van der Waals surface area (Å²) in [7, 11) is 0. The van der Waals surface area contributed by atoms with E-state index in [9.17, 15) is 9.59 Å². The van der Waals surface area contributed by atoms with Crippen LogP contribution in [0.1, 0.15) is 55.2 Å². The van der Waals surface area contributed by atoms with E-state index in [2.05, 4.69) is 6.58 Å². The van der Waals surface area contributed by atoms with Crippen molar-refractivity contribution in [1.82, 2.24) is 0 Å². The van der Waals surface area contributed by atoms with E-state index in [0.717, 1.165) is 36.1 Å². The lowest BCUT2D eigenvalue weighted by Crippen LogP contribution is -2.19. The fraction of sp³-hybridized carbons (Fsp3) is 0.286. The number of ketones is 2. The average Bonchev–Trinajstić information content (AvgIpc) is 2.79. The van der Waals surface area contributed by atoms with Gasteiger partial charge in [-0.2, -0.15) is 0 Å². The summed E-state index contributed by atoms with van der Waals surface area (Å²) in [6.45, 7) is 3.72. The van der Waals surface area contributed by atoms with Crippen LogP contribution in [0.5, 0.6) is 5.75 Å². The van der Waals surface area contributed by atoms with Gasteiger partial charge >= 0.3 is 0 Å². The summed E-state index contributed by atoms with van der Waals surface area (Å²) in [5.41, 5.74) is 3.01. The summed E-state index contributed by atoms with van der Waals surface area (Å²) in [6, 6.07) is 15.6. The predicted octanol–water partition coefficient (Wildman–Crippen LogP) is 6.38. The van der Waals surface area contributed by atoms with Gasteiger partial charge < -0.3 is 4.74 Å². The molecule has 0 atom stereocenters. The maximum Gasteiger partial charge on any atom is 0.163 e. The van der Waals surface area contributed by atoms with Gasteiger partial charge in [-0.1, -0.05) is 61.0 Å². The van der Waals surface area contributed by atoms with Crippen molar-refractivity contribution in [3.63, 3.8) is 0 Å². The number of carbonyl (C=O) groups is 2. The molecule has 31 heavy (non-hydrogen) atoms. The van der Waals surface area contributed by atoms with Crippen molar-refractivity contribution in [2.45, 2.75) is 51.0 Å². The molecule has 0 N–H and O–H groups in total. The van der Waals surface area contributed by atoms with Crippen LogP contribution in [0.15, 0.2) is 73.3 Å². The Balaban J connectivity index is 1.45. The van der Waals surface area contributed by atoms with Crippen LogP contribution in [0.3, 0.4) is 0 Å². The lowest BCUT2D eigenvalue weighted by Gasteiger charge is -2.22. The zero-order valence-electron chi connectivity index (χ0n) is 18.0. The highest BCUT2D eigenvalue weighted by Crippen LogP contribution is 2.23. The number of hydrogen-bond donors (Lipinski definition) is 0. The highest BCUT2D eigenvalue weighted by Gasteiger charge is 2.14. The Labute approximate surface area is 185 Å². The number of allylic oxidation sites excluding steroid dienone is 3. The Kier molecular flexibility index (Phi) is 8.59. The lowest BCUT2D eigenvalue weighted by atomic mass is 9.98. The average molecular weight is 415 g/mol. The minimum absolute atomic E-state index is 0.135. The Morgan fingerprint density at radius 1 is 0.839 bits per heavy atom. The van der Waals surface area contributed by atoms with Gasteiger partial charge in [-0.25, -0.2) is 0 Å². The molecule has 0 saturated heterocycles. The van der Waals surface area contributed by atoms with Crippen molar-refractivity contribution in [2.24, 2.45) is 0 Å². The SMILES string of the molecule is C=CCc1ccc(C=CC(=O)CC(=O)C=Cc2ccc(OC3CCCCC3)cc2)cc1. The summed E-state index contributed by atoms with van der Waals surface area (Å²) in [4.78, 5) is 24.2. The van der Waals surface area contributed by atoms with Crippen LogP contribution in [-0.4, -0.2) is 17.7 Å². The molecule has 2 aromatic rings. The monoisotopic (exact) mass is 414 g/mol. The first-order valence-corrected chi connectivity index (χ1v) is 11.0. The van der Waals surface area contributed by atoms with Crippen molar-refractivity contribution in [1.29, 1.82) is 0 Å².